The van der Waals surface area contributed by atoms with Gasteiger partial charge in [-0.15, -0.1) is 0 Å². The molecule has 1 atom stereocenters. The summed E-state index contributed by atoms with van der Waals surface area (Å²) in [6.45, 7) is 1.93. The van der Waals surface area contributed by atoms with Gasteiger partial charge in [-0.1, -0.05) is 0 Å². The van der Waals surface area contributed by atoms with Crippen molar-refractivity contribution in [2.24, 2.45) is 5.73 Å². The van der Waals surface area contributed by atoms with Gasteiger partial charge in [-0.3, -0.25) is 0 Å². The molecule has 0 amide bonds. The molecule has 0 aliphatic heterocycles. The van der Waals surface area contributed by atoms with Crippen LogP contribution >= 0.6 is 0 Å². The van der Waals surface area contributed by atoms with E-state index in [4.69, 9.17) is 15.7 Å². The summed E-state index contributed by atoms with van der Waals surface area (Å²) in [5, 5.41) is 8.72. The molecule has 1 unspecified atom stereocenters. The van der Waals surface area contributed by atoms with Crippen molar-refractivity contribution in [3.05, 3.63) is 24.3 Å². The van der Waals surface area contributed by atoms with Crippen LogP contribution in [0.15, 0.2) is 29.2 Å². The van der Waals surface area contributed by atoms with E-state index in [0.29, 0.717) is 18.8 Å². The third-order valence-electron chi connectivity index (χ3n) is 2.40. The van der Waals surface area contributed by atoms with E-state index in [0.717, 1.165) is 6.26 Å². The minimum absolute atomic E-state index is 0.246. The molecule has 18 heavy (non-hydrogen) atoms. The average molecular weight is 268 g/mol. The molecule has 1 aromatic carbocycles. The van der Waals surface area contributed by atoms with Crippen LogP contribution in [0, 0.1) is 11.3 Å². The molecule has 0 bridgehead atoms. The van der Waals surface area contributed by atoms with Crippen molar-refractivity contribution in [1.82, 2.24) is 0 Å². The van der Waals surface area contributed by atoms with Gasteiger partial charge in [0.05, 0.1) is 17.6 Å². The minimum Gasteiger partial charge on any atom is -0.493 e. The maximum Gasteiger partial charge on any atom is 0.175 e. The molecule has 0 radical (unpaired) electrons. The Morgan fingerprint density at radius 3 is 2.39 bits per heavy atom. The monoisotopic (exact) mass is 268 g/mol. The summed E-state index contributed by atoms with van der Waals surface area (Å²) < 4.78 is 27.9. The molecule has 2 N–H and O–H groups in total. The molecule has 0 aliphatic rings. The largest absolute Gasteiger partial charge is 0.493 e. The summed E-state index contributed by atoms with van der Waals surface area (Å²) >= 11 is 0. The fourth-order valence-electron chi connectivity index (χ4n) is 1.22. The predicted octanol–water partition coefficient (Wildman–Crippen LogP) is 1.10. The summed E-state index contributed by atoms with van der Waals surface area (Å²) in [6.07, 6.45) is 1.55. The summed E-state index contributed by atoms with van der Waals surface area (Å²) in [5.74, 6) is 0.552. The number of ether oxygens (including phenoxy) is 1. The standard InChI is InChI=1S/C12H16N2O3S/c1-12(14,9-13)7-8-17-10-3-5-11(6-4-10)18(2,15)16/h3-6H,7-8,14H2,1-2H3. The zero-order valence-electron chi connectivity index (χ0n) is 10.4. The molecule has 5 nitrogen and oxygen atoms in total. The first-order chi connectivity index (χ1) is 8.24. The Morgan fingerprint density at radius 2 is 1.94 bits per heavy atom. The topological polar surface area (TPSA) is 93.2 Å². The van der Waals surface area contributed by atoms with E-state index < -0.39 is 15.4 Å². The van der Waals surface area contributed by atoms with Gasteiger partial charge >= 0.3 is 0 Å². The highest BCUT2D eigenvalue weighted by Gasteiger charge is 2.16. The molecule has 0 saturated carbocycles. The number of sulfone groups is 1. The molecule has 1 rings (SSSR count). The smallest absolute Gasteiger partial charge is 0.175 e. The summed E-state index contributed by atoms with van der Waals surface area (Å²) in [5.41, 5.74) is 4.73. The number of nitrogens with zero attached hydrogens (tertiary/aromatic N) is 1. The van der Waals surface area contributed by atoms with Crippen LogP contribution in [0.3, 0.4) is 0 Å². The quantitative estimate of drug-likeness (QED) is 0.863. The number of hydrogen-bond donors (Lipinski definition) is 1. The van der Waals surface area contributed by atoms with E-state index >= 15 is 0 Å². The minimum atomic E-state index is -3.19. The molecule has 0 aliphatic carbocycles. The molecule has 0 aromatic heterocycles. The first-order valence-corrected chi connectivity index (χ1v) is 7.27. The lowest BCUT2D eigenvalue weighted by Crippen LogP contribution is -2.35. The van der Waals surface area contributed by atoms with E-state index in [1.54, 1.807) is 19.1 Å². The molecular formula is C12H16N2O3S. The highest BCUT2D eigenvalue weighted by molar-refractivity contribution is 7.90. The van der Waals surface area contributed by atoms with E-state index in [9.17, 15) is 8.42 Å². The number of benzene rings is 1. The molecule has 0 saturated heterocycles. The van der Waals surface area contributed by atoms with Crippen molar-refractivity contribution in [1.29, 1.82) is 5.26 Å². The van der Waals surface area contributed by atoms with Gasteiger partial charge in [0.15, 0.2) is 9.84 Å². The van der Waals surface area contributed by atoms with Crippen LogP contribution in [-0.4, -0.2) is 26.8 Å². The van der Waals surface area contributed by atoms with E-state index in [-0.39, 0.29) is 4.90 Å². The SMILES string of the molecule is CC(N)(C#N)CCOc1ccc(S(C)(=O)=O)cc1. The summed E-state index contributed by atoms with van der Waals surface area (Å²) in [6, 6.07) is 8.10. The fourth-order valence-corrected chi connectivity index (χ4v) is 1.85. The number of hydrogen-bond acceptors (Lipinski definition) is 5. The lowest BCUT2D eigenvalue weighted by molar-refractivity contribution is 0.286. The van der Waals surface area contributed by atoms with Gasteiger partial charge in [-0.05, 0) is 31.2 Å². The second-order valence-electron chi connectivity index (χ2n) is 4.37. The summed E-state index contributed by atoms with van der Waals surface area (Å²) in [4.78, 5) is 0.246. The van der Waals surface area contributed by atoms with Crippen LogP contribution in [0.25, 0.3) is 0 Å². The van der Waals surface area contributed by atoms with Crippen molar-refractivity contribution >= 4 is 9.84 Å². The third-order valence-corrected chi connectivity index (χ3v) is 3.53. The Labute approximate surface area is 107 Å². The molecule has 0 fully saturated rings. The second-order valence-corrected chi connectivity index (χ2v) is 6.39. The Kier molecular flexibility index (Phi) is 4.33. The molecule has 0 spiro atoms. The van der Waals surface area contributed by atoms with Gasteiger partial charge in [-0.25, -0.2) is 8.42 Å². The molecule has 6 heteroatoms. The zero-order chi connectivity index (χ0) is 13.8. The first kappa shape index (κ1) is 14.5. The lowest BCUT2D eigenvalue weighted by atomic mass is 10.0. The Hall–Kier alpha value is -1.58. The van der Waals surface area contributed by atoms with Crippen LogP contribution in [-0.2, 0) is 9.84 Å². The molecule has 1 aromatic rings. The fraction of sp³-hybridized carbons (Fsp3) is 0.417. The van der Waals surface area contributed by atoms with Crippen LogP contribution in [0.5, 0.6) is 5.75 Å². The Bertz CT molecular complexity index is 542. The van der Waals surface area contributed by atoms with Gasteiger partial charge in [0.25, 0.3) is 0 Å². The maximum absolute atomic E-state index is 11.2. The van der Waals surface area contributed by atoms with Crippen LogP contribution < -0.4 is 10.5 Å². The van der Waals surface area contributed by atoms with E-state index in [1.807, 2.05) is 6.07 Å². The predicted molar refractivity (Wildman–Crippen MR) is 67.9 cm³/mol. The zero-order valence-corrected chi connectivity index (χ0v) is 11.2. The van der Waals surface area contributed by atoms with Crippen LogP contribution in [0.2, 0.25) is 0 Å². The van der Waals surface area contributed by atoms with Crippen LogP contribution in [0.1, 0.15) is 13.3 Å². The third kappa shape index (κ3) is 4.35. The van der Waals surface area contributed by atoms with Gasteiger partial charge in [0.1, 0.15) is 11.3 Å². The van der Waals surface area contributed by atoms with Gasteiger partial charge in [-0.2, -0.15) is 5.26 Å². The Morgan fingerprint density at radius 1 is 1.39 bits per heavy atom. The van der Waals surface area contributed by atoms with Crippen molar-refractivity contribution in [3.63, 3.8) is 0 Å². The maximum atomic E-state index is 11.2. The number of nitrogens with two attached hydrogens (primary N) is 1. The number of nitriles is 1. The van der Waals surface area contributed by atoms with Crippen LogP contribution in [0.4, 0.5) is 0 Å². The molecule has 0 heterocycles. The van der Waals surface area contributed by atoms with E-state index in [2.05, 4.69) is 0 Å². The normalized spacial score (nSPS) is 14.6. The van der Waals surface area contributed by atoms with Gasteiger partial charge < -0.3 is 10.5 Å². The lowest BCUT2D eigenvalue weighted by Gasteiger charge is -2.15. The number of rotatable bonds is 5. The molecule has 98 valence electrons. The van der Waals surface area contributed by atoms with Crippen molar-refractivity contribution < 1.29 is 13.2 Å². The Balaban J connectivity index is 2.59. The van der Waals surface area contributed by atoms with Gasteiger partial charge in [0.2, 0.25) is 0 Å². The highest BCUT2D eigenvalue weighted by atomic mass is 32.2. The van der Waals surface area contributed by atoms with Crippen molar-refractivity contribution in [3.8, 4) is 11.8 Å². The average Bonchev–Trinajstić information content (AvgIpc) is 2.28. The molecular weight excluding hydrogens is 252 g/mol. The van der Waals surface area contributed by atoms with Crippen molar-refractivity contribution in [2.45, 2.75) is 23.8 Å². The van der Waals surface area contributed by atoms with Gasteiger partial charge in [0, 0.05) is 12.7 Å². The second kappa shape index (κ2) is 5.38. The highest BCUT2D eigenvalue weighted by Crippen LogP contribution is 2.16. The summed E-state index contributed by atoms with van der Waals surface area (Å²) in [7, 11) is -3.19. The van der Waals surface area contributed by atoms with Crippen molar-refractivity contribution in [2.75, 3.05) is 12.9 Å². The first-order valence-electron chi connectivity index (χ1n) is 5.38. The van der Waals surface area contributed by atoms with E-state index in [1.165, 1.54) is 12.1 Å².